The van der Waals surface area contributed by atoms with Crippen molar-refractivity contribution >= 4 is 22.9 Å². The first-order valence-electron chi connectivity index (χ1n) is 6.85. The SMILES string of the molecule is CCc1[nH]nc(-c2ccsc2)c1NC(=O)c1cccc(F)c1. The summed E-state index contributed by atoms with van der Waals surface area (Å²) in [5.74, 6) is -0.791. The number of benzene rings is 1. The lowest BCUT2D eigenvalue weighted by Crippen LogP contribution is -2.13. The molecule has 0 saturated heterocycles. The van der Waals surface area contributed by atoms with Crippen LogP contribution in [0.5, 0.6) is 0 Å². The van der Waals surface area contributed by atoms with Crippen LogP contribution in [0.25, 0.3) is 11.3 Å². The maximum absolute atomic E-state index is 13.3. The summed E-state index contributed by atoms with van der Waals surface area (Å²) in [5, 5.41) is 14.0. The lowest BCUT2D eigenvalue weighted by atomic mass is 10.1. The molecule has 2 heterocycles. The standard InChI is InChI=1S/C16H14FN3OS/c1-2-13-15(14(20-19-13)11-6-7-22-9-11)18-16(21)10-4-3-5-12(17)8-10/h3-9H,2H2,1H3,(H,18,21)(H,19,20). The summed E-state index contributed by atoms with van der Waals surface area (Å²) in [5.41, 5.74) is 3.40. The van der Waals surface area contributed by atoms with Crippen LogP contribution in [0.3, 0.4) is 0 Å². The van der Waals surface area contributed by atoms with Crippen molar-refractivity contribution in [3.05, 3.63) is 58.2 Å². The smallest absolute Gasteiger partial charge is 0.255 e. The fourth-order valence-corrected chi connectivity index (χ4v) is 2.83. The molecule has 0 aliphatic rings. The number of hydrogen-bond acceptors (Lipinski definition) is 3. The van der Waals surface area contributed by atoms with Gasteiger partial charge in [0.05, 0.1) is 11.4 Å². The van der Waals surface area contributed by atoms with E-state index < -0.39 is 5.82 Å². The molecule has 22 heavy (non-hydrogen) atoms. The summed E-state index contributed by atoms with van der Waals surface area (Å²) >= 11 is 1.56. The molecule has 0 saturated carbocycles. The molecule has 3 rings (SSSR count). The monoisotopic (exact) mass is 315 g/mol. The second-order valence-electron chi connectivity index (χ2n) is 4.76. The predicted molar refractivity (Wildman–Crippen MR) is 85.6 cm³/mol. The Balaban J connectivity index is 1.94. The van der Waals surface area contributed by atoms with Crippen molar-refractivity contribution in [2.24, 2.45) is 0 Å². The molecule has 0 bridgehead atoms. The summed E-state index contributed by atoms with van der Waals surface area (Å²) in [6.07, 6.45) is 0.704. The summed E-state index contributed by atoms with van der Waals surface area (Å²) in [7, 11) is 0. The zero-order valence-corrected chi connectivity index (χ0v) is 12.7. The number of rotatable bonds is 4. The van der Waals surface area contributed by atoms with Gasteiger partial charge in [-0.05, 0) is 36.1 Å². The molecule has 3 aromatic rings. The van der Waals surface area contributed by atoms with Crippen molar-refractivity contribution in [1.29, 1.82) is 0 Å². The Kier molecular flexibility index (Phi) is 4.02. The Labute approximate surface area is 131 Å². The average Bonchev–Trinajstić information content (AvgIpc) is 3.16. The summed E-state index contributed by atoms with van der Waals surface area (Å²) < 4.78 is 13.3. The second kappa shape index (κ2) is 6.11. The topological polar surface area (TPSA) is 57.8 Å². The van der Waals surface area contributed by atoms with Gasteiger partial charge >= 0.3 is 0 Å². The number of H-pyrrole nitrogens is 1. The summed E-state index contributed by atoms with van der Waals surface area (Å²) in [4.78, 5) is 12.3. The first-order valence-corrected chi connectivity index (χ1v) is 7.80. The number of aryl methyl sites for hydroxylation is 1. The fourth-order valence-electron chi connectivity index (χ4n) is 2.19. The highest BCUT2D eigenvalue weighted by molar-refractivity contribution is 7.08. The van der Waals surface area contributed by atoms with Gasteiger partial charge in [0.25, 0.3) is 5.91 Å². The zero-order valence-electron chi connectivity index (χ0n) is 11.9. The van der Waals surface area contributed by atoms with Crippen molar-refractivity contribution < 1.29 is 9.18 Å². The van der Waals surface area contributed by atoms with Crippen molar-refractivity contribution in [3.63, 3.8) is 0 Å². The number of aromatic nitrogens is 2. The van der Waals surface area contributed by atoms with Crippen molar-refractivity contribution in [2.45, 2.75) is 13.3 Å². The third-order valence-electron chi connectivity index (χ3n) is 3.31. The molecule has 0 atom stereocenters. The quantitative estimate of drug-likeness (QED) is 0.762. The minimum Gasteiger partial charge on any atom is -0.319 e. The fraction of sp³-hybridized carbons (Fsp3) is 0.125. The Morgan fingerprint density at radius 3 is 2.95 bits per heavy atom. The van der Waals surface area contributed by atoms with E-state index in [4.69, 9.17) is 0 Å². The molecule has 2 N–H and O–H groups in total. The molecule has 1 amide bonds. The average molecular weight is 315 g/mol. The van der Waals surface area contributed by atoms with E-state index in [-0.39, 0.29) is 11.5 Å². The van der Waals surface area contributed by atoms with E-state index in [1.165, 1.54) is 18.2 Å². The van der Waals surface area contributed by atoms with Crippen molar-refractivity contribution in [3.8, 4) is 11.3 Å². The molecule has 6 heteroatoms. The van der Waals surface area contributed by atoms with Gasteiger partial charge in [0.2, 0.25) is 0 Å². The number of thiophene rings is 1. The molecule has 0 radical (unpaired) electrons. The third kappa shape index (κ3) is 2.78. The normalized spacial score (nSPS) is 10.6. The lowest BCUT2D eigenvalue weighted by molar-refractivity contribution is 0.102. The van der Waals surface area contributed by atoms with Gasteiger partial charge in [-0.25, -0.2) is 4.39 Å². The van der Waals surface area contributed by atoms with Crippen molar-refractivity contribution in [1.82, 2.24) is 10.2 Å². The largest absolute Gasteiger partial charge is 0.319 e. The van der Waals surface area contributed by atoms with Crippen LogP contribution in [0.4, 0.5) is 10.1 Å². The third-order valence-corrected chi connectivity index (χ3v) is 4.00. The van der Waals surface area contributed by atoms with Gasteiger partial charge in [0.1, 0.15) is 11.5 Å². The van der Waals surface area contributed by atoms with E-state index in [0.717, 1.165) is 11.3 Å². The van der Waals surface area contributed by atoms with Gasteiger partial charge in [-0.15, -0.1) is 0 Å². The molecule has 0 spiro atoms. The van der Waals surface area contributed by atoms with Gasteiger partial charge in [0, 0.05) is 16.5 Å². The Hall–Kier alpha value is -2.47. The number of aromatic amines is 1. The molecule has 1 aromatic carbocycles. The molecule has 0 unspecified atom stereocenters. The van der Waals surface area contributed by atoms with Crippen LogP contribution in [-0.2, 0) is 6.42 Å². The Morgan fingerprint density at radius 1 is 1.41 bits per heavy atom. The first kappa shape index (κ1) is 14.5. The molecule has 2 aromatic heterocycles. The van der Waals surface area contributed by atoms with Gasteiger partial charge in [-0.3, -0.25) is 9.89 Å². The van der Waals surface area contributed by atoms with Gasteiger partial charge in [0.15, 0.2) is 0 Å². The van der Waals surface area contributed by atoms with E-state index in [1.54, 1.807) is 17.4 Å². The molecule has 0 aliphatic carbocycles. The van der Waals surface area contributed by atoms with E-state index >= 15 is 0 Å². The minimum absolute atomic E-state index is 0.277. The minimum atomic E-state index is -0.436. The maximum atomic E-state index is 13.3. The number of nitrogens with zero attached hydrogens (tertiary/aromatic N) is 1. The molecular formula is C16H14FN3OS. The predicted octanol–water partition coefficient (Wildman–Crippen LogP) is 4.09. The zero-order chi connectivity index (χ0) is 15.5. The van der Waals surface area contributed by atoms with Gasteiger partial charge in [-0.2, -0.15) is 16.4 Å². The number of amides is 1. The number of anilines is 1. The molecule has 4 nitrogen and oxygen atoms in total. The highest BCUT2D eigenvalue weighted by Gasteiger charge is 2.17. The van der Waals surface area contributed by atoms with Crippen LogP contribution >= 0.6 is 11.3 Å². The second-order valence-corrected chi connectivity index (χ2v) is 5.54. The van der Waals surface area contributed by atoms with E-state index in [0.29, 0.717) is 17.8 Å². The van der Waals surface area contributed by atoms with E-state index in [9.17, 15) is 9.18 Å². The van der Waals surface area contributed by atoms with Gasteiger partial charge < -0.3 is 5.32 Å². The van der Waals surface area contributed by atoms with Gasteiger partial charge in [-0.1, -0.05) is 13.0 Å². The Bertz CT molecular complexity index is 796. The molecule has 112 valence electrons. The van der Waals surface area contributed by atoms with Crippen LogP contribution in [0.15, 0.2) is 41.1 Å². The number of carbonyl (C=O) groups excluding carboxylic acids is 1. The summed E-state index contributed by atoms with van der Waals surface area (Å²) in [6.45, 7) is 1.97. The number of hydrogen-bond donors (Lipinski definition) is 2. The molecule has 0 fully saturated rings. The van der Waals surface area contributed by atoms with Crippen LogP contribution < -0.4 is 5.32 Å². The van der Waals surface area contributed by atoms with Crippen LogP contribution in [0.1, 0.15) is 23.0 Å². The maximum Gasteiger partial charge on any atom is 0.255 e. The van der Waals surface area contributed by atoms with Crippen LogP contribution in [-0.4, -0.2) is 16.1 Å². The first-order chi connectivity index (χ1) is 10.7. The molecular weight excluding hydrogens is 301 g/mol. The highest BCUT2D eigenvalue weighted by Crippen LogP contribution is 2.31. The lowest BCUT2D eigenvalue weighted by Gasteiger charge is -2.07. The number of carbonyl (C=O) groups is 1. The highest BCUT2D eigenvalue weighted by atomic mass is 32.1. The Morgan fingerprint density at radius 2 is 2.27 bits per heavy atom. The molecule has 0 aliphatic heterocycles. The summed E-state index contributed by atoms with van der Waals surface area (Å²) in [6, 6.07) is 7.56. The van der Waals surface area contributed by atoms with E-state index in [1.807, 2.05) is 23.8 Å². The van der Waals surface area contributed by atoms with Crippen molar-refractivity contribution in [2.75, 3.05) is 5.32 Å². The van der Waals surface area contributed by atoms with E-state index in [2.05, 4.69) is 15.5 Å². The van der Waals surface area contributed by atoms with Crippen LogP contribution in [0.2, 0.25) is 0 Å². The van der Waals surface area contributed by atoms with Crippen LogP contribution in [0, 0.1) is 5.82 Å². The number of halogens is 1. The number of nitrogens with one attached hydrogen (secondary N) is 2.